The quantitative estimate of drug-likeness (QED) is 0.380. The van der Waals surface area contributed by atoms with Crippen LogP contribution in [0.3, 0.4) is 0 Å². The topological polar surface area (TPSA) is 26.3 Å². The van der Waals surface area contributed by atoms with E-state index in [2.05, 4.69) is 22.6 Å². The van der Waals surface area contributed by atoms with Gasteiger partial charge in [0.15, 0.2) is 0 Å². The van der Waals surface area contributed by atoms with E-state index in [4.69, 9.17) is 4.74 Å². The van der Waals surface area contributed by atoms with Crippen molar-refractivity contribution in [2.24, 2.45) is 0 Å². The summed E-state index contributed by atoms with van der Waals surface area (Å²) in [6.45, 7) is 0. The van der Waals surface area contributed by atoms with Gasteiger partial charge in [-0.3, -0.25) is 4.79 Å². The van der Waals surface area contributed by atoms with Crippen molar-refractivity contribution < 1.29 is 9.53 Å². The fourth-order valence-corrected chi connectivity index (χ4v) is 1.31. The molecule has 1 heterocycles. The number of carbonyl (C=O) groups excluding carboxylic acids is 1. The average Bonchev–Trinajstić information content (AvgIpc) is 2.14. The summed E-state index contributed by atoms with van der Waals surface area (Å²) >= 11 is 2.22. The molecule has 0 aliphatic carbocycles. The molecule has 46 valence electrons. The van der Waals surface area contributed by atoms with E-state index in [-0.39, 0.29) is 12.1 Å². The molecule has 8 heavy (non-hydrogen) atoms. The second kappa shape index (κ2) is 2.66. The Balaban J connectivity index is 2.32. The molecule has 3 heteroatoms. The van der Waals surface area contributed by atoms with Crippen LogP contribution in [0.1, 0.15) is 12.8 Å². The van der Waals surface area contributed by atoms with E-state index in [1.807, 2.05) is 0 Å². The van der Waals surface area contributed by atoms with E-state index >= 15 is 0 Å². The Labute approximate surface area is 61.7 Å². The number of carbonyl (C=O) groups is 1. The highest BCUT2D eigenvalue weighted by Crippen LogP contribution is 2.14. The van der Waals surface area contributed by atoms with Gasteiger partial charge in [-0.2, -0.15) is 0 Å². The standard InChI is InChI=1S/C5H7IO2/c6-3-4-1-2-5(7)8-4/h4H,1-3H2. The lowest BCUT2D eigenvalue weighted by atomic mass is 10.3. The molecule has 0 aromatic heterocycles. The van der Waals surface area contributed by atoms with Crippen LogP contribution in [0.5, 0.6) is 0 Å². The molecule has 0 aromatic carbocycles. The van der Waals surface area contributed by atoms with Gasteiger partial charge in [0.05, 0.1) is 0 Å². The molecule has 2 nitrogen and oxygen atoms in total. The van der Waals surface area contributed by atoms with Crippen LogP contribution < -0.4 is 0 Å². The Morgan fingerprint density at radius 3 is 2.88 bits per heavy atom. The van der Waals surface area contributed by atoms with Crippen LogP contribution >= 0.6 is 22.6 Å². The Morgan fingerprint density at radius 2 is 2.62 bits per heavy atom. The first-order valence-corrected chi connectivity index (χ1v) is 4.11. The van der Waals surface area contributed by atoms with Gasteiger partial charge in [0.2, 0.25) is 0 Å². The van der Waals surface area contributed by atoms with Gasteiger partial charge in [-0.25, -0.2) is 0 Å². The second-order valence-corrected chi connectivity index (χ2v) is 2.69. The lowest BCUT2D eigenvalue weighted by Crippen LogP contribution is -2.06. The number of alkyl halides is 1. The number of hydrogen-bond donors (Lipinski definition) is 0. The van der Waals surface area contributed by atoms with Crippen LogP contribution in [0.2, 0.25) is 0 Å². The van der Waals surface area contributed by atoms with Crippen molar-refractivity contribution in [3.05, 3.63) is 0 Å². The Kier molecular flexibility index (Phi) is 2.10. The lowest BCUT2D eigenvalue weighted by molar-refractivity contribution is -0.140. The molecule has 0 N–H and O–H groups in total. The molecule has 0 radical (unpaired) electrons. The van der Waals surface area contributed by atoms with E-state index < -0.39 is 0 Å². The van der Waals surface area contributed by atoms with Gasteiger partial charge in [-0.15, -0.1) is 0 Å². The van der Waals surface area contributed by atoms with Gasteiger partial charge in [0.1, 0.15) is 6.10 Å². The summed E-state index contributed by atoms with van der Waals surface area (Å²) in [4.78, 5) is 10.4. The van der Waals surface area contributed by atoms with Gasteiger partial charge in [-0.05, 0) is 6.42 Å². The molecule has 1 saturated heterocycles. The predicted molar refractivity (Wildman–Crippen MR) is 38.0 cm³/mol. The molecular weight excluding hydrogens is 219 g/mol. The van der Waals surface area contributed by atoms with Gasteiger partial charge in [-0.1, -0.05) is 22.6 Å². The van der Waals surface area contributed by atoms with Crippen LogP contribution in [0, 0.1) is 0 Å². The minimum atomic E-state index is -0.0355. The summed E-state index contributed by atoms with van der Waals surface area (Å²) < 4.78 is 5.80. The molecular formula is C5H7IO2. The van der Waals surface area contributed by atoms with Crippen molar-refractivity contribution in [2.45, 2.75) is 18.9 Å². The predicted octanol–water partition coefficient (Wildman–Crippen LogP) is 1.13. The average molecular weight is 226 g/mol. The summed E-state index contributed by atoms with van der Waals surface area (Å²) in [5, 5.41) is 0. The maximum Gasteiger partial charge on any atom is 0.306 e. The number of cyclic esters (lactones) is 1. The maximum atomic E-state index is 10.4. The minimum absolute atomic E-state index is 0.0355. The van der Waals surface area contributed by atoms with E-state index in [1.54, 1.807) is 0 Å². The van der Waals surface area contributed by atoms with E-state index in [1.165, 1.54) is 0 Å². The molecule has 0 saturated carbocycles. The molecule has 1 rings (SSSR count). The van der Waals surface area contributed by atoms with E-state index in [0.717, 1.165) is 10.8 Å². The Morgan fingerprint density at radius 1 is 1.88 bits per heavy atom. The lowest BCUT2D eigenvalue weighted by Gasteiger charge is -2.00. The van der Waals surface area contributed by atoms with E-state index in [9.17, 15) is 4.79 Å². The third-order valence-corrected chi connectivity index (χ3v) is 2.12. The smallest absolute Gasteiger partial charge is 0.306 e. The van der Waals surface area contributed by atoms with Gasteiger partial charge in [0, 0.05) is 10.8 Å². The fraction of sp³-hybridized carbons (Fsp3) is 0.800. The van der Waals surface area contributed by atoms with Crippen molar-refractivity contribution >= 4 is 28.6 Å². The molecule has 0 amide bonds. The number of ether oxygens (including phenoxy) is 1. The second-order valence-electron chi connectivity index (χ2n) is 1.80. The maximum absolute atomic E-state index is 10.4. The summed E-state index contributed by atoms with van der Waals surface area (Å²) in [7, 11) is 0. The zero-order valence-electron chi connectivity index (χ0n) is 4.39. The van der Waals surface area contributed by atoms with Crippen molar-refractivity contribution in [1.82, 2.24) is 0 Å². The highest BCUT2D eigenvalue weighted by atomic mass is 127. The summed E-state index contributed by atoms with van der Waals surface area (Å²) in [6, 6.07) is 0. The van der Waals surface area contributed by atoms with Gasteiger partial charge < -0.3 is 4.74 Å². The van der Waals surface area contributed by atoms with Crippen LogP contribution in [0.4, 0.5) is 0 Å². The molecule has 0 aromatic rings. The van der Waals surface area contributed by atoms with E-state index in [0.29, 0.717) is 6.42 Å². The van der Waals surface area contributed by atoms with Crippen LogP contribution in [0.15, 0.2) is 0 Å². The molecule has 0 bridgehead atoms. The number of hydrogen-bond acceptors (Lipinski definition) is 2. The SMILES string of the molecule is O=C1CCC(CI)O1. The third kappa shape index (κ3) is 1.34. The zero-order valence-corrected chi connectivity index (χ0v) is 6.55. The minimum Gasteiger partial charge on any atom is -0.462 e. The van der Waals surface area contributed by atoms with Crippen molar-refractivity contribution in [3.8, 4) is 0 Å². The number of rotatable bonds is 1. The van der Waals surface area contributed by atoms with Crippen LogP contribution in [-0.4, -0.2) is 16.5 Å². The highest BCUT2D eigenvalue weighted by molar-refractivity contribution is 14.1. The zero-order chi connectivity index (χ0) is 5.98. The molecule has 1 aliphatic heterocycles. The monoisotopic (exact) mass is 226 g/mol. The summed E-state index contributed by atoms with van der Waals surface area (Å²) in [5.74, 6) is -0.0355. The normalized spacial score (nSPS) is 28.1. The number of esters is 1. The first-order valence-electron chi connectivity index (χ1n) is 2.58. The number of halogens is 1. The fourth-order valence-electron chi connectivity index (χ4n) is 0.691. The Bertz CT molecular complexity index is 103. The van der Waals surface area contributed by atoms with Gasteiger partial charge >= 0.3 is 5.97 Å². The third-order valence-electron chi connectivity index (χ3n) is 1.14. The van der Waals surface area contributed by atoms with Crippen molar-refractivity contribution in [1.29, 1.82) is 0 Å². The van der Waals surface area contributed by atoms with Crippen LogP contribution in [0.25, 0.3) is 0 Å². The molecule has 0 spiro atoms. The Hall–Kier alpha value is 0.200. The summed E-state index contributed by atoms with van der Waals surface area (Å²) in [5.41, 5.74) is 0. The van der Waals surface area contributed by atoms with Crippen LogP contribution in [-0.2, 0) is 9.53 Å². The van der Waals surface area contributed by atoms with Crippen molar-refractivity contribution in [3.63, 3.8) is 0 Å². The molecule has 1 aliphatic rings. The molecule has 1 fully saturated rings. The summed E-state index contributed by atoms with van der Waals surface area (Å²) in [6.07, 6.45) is 1.75. The molecule has 1 atom stereocenters. The largest absolute Gasteiger partial charge is 0.462 e. The van der Waals surface area contributed by atoms with Gasteiger partial charge in [0.25, 0.3) is 0 Å². The first-order chi connectivity index (χ1) is 3.83. The first kappa shape index (κ1) is 6.32. The highest BCUT2D eigenvalue weighted by Gasteiger charge is 2.21. The van der Waals surface area contributed by atoms with Crippen molar-refractivity contribution in [2.75, 3.05) is 4.43 Å². The molecule has 1 unspecified atom stereocenters.